The van der Waals surface area contributed by atoms with Gasteiger partial charge in [-0.05, 0) is 37.5 Å². The maximum Gasteiger partial charge on any atom is 0.314 e. The first-order chi connectivity index (χ1) is 7.16. The lowest BCUT2D eigenvalue weighted by atomic mass is 10.1. The number of hydrogen-bond acceptors (Lipinski definition) is 3. The number of esters is 1. The molecule has 1 saturated carbocycles. The summed E-state index contributed by atoms with van der Waals surface area (Å²) in [6, 6.07) is 6.95. The third-order valence-electron chi connectivity index (χ3n) is 2.49. The summed E-state index contributed by atoms with van der Waals surface area (Å²) in [6.07, 6.45) is 1.41. The molecule has 1 aliphatic rings. The van der Waals surface area contributed by atoms with Gasteiger partial charge < -0.3 is 9.84 Å². The monoisotopic (exact) mass is 206 g/mol. The molecule has 1 N–H and O–H groups in total. The first-order valence-electron chi connectivity index (χ1n) is 5.16. The summed E-state index contributed by atoms with van der Waals surface area (Å²) in [5.74, 6) is 0.525. The maximum atomic E-state index is 11.3. The molecule has 0 saturated heterocycles. The van der Waals surface area contributed by atoms with Crippen molar-refractivity contribution in [2.45, 2.75) is 25.9 Å². The third-order valence-corrected chi connectivity index (χ3v) is 2.49. The Labute approximate surface area is 88.7 Å². The lowest BCUT2D eigenvalue weighted by Gasteiger charge is -2.06. The molecule has 1 fully saturated rings. The summed E-state index contributed by atoms with van der Waals surface area (Å²) in [6.45, 7) is 1.70. The van der Waals surface area contributed by atoms with E-state index in [4.69, 9.17) is 4.74 Å². The summed E-state index contributed by atoms with van der Waals surface area (Å²) in [7, 11) is 0. The molecule has 1 aliphatic carbocycles. The van der Waals surface area contributed by atoms with Crippen LogP contribution in [0.15, 0.2) is 24.3 Å². The quantitative estimate of drug-likeness (QED) is 0.608. The van der Waals surface area contributed by atoms with Crippen LogP contribution >= 0.6 is 0 Å². The van der Waals surface area contributed by atoms with Gasteiger partial charge in [0.15, 0.2) is 0 Å². The molecule has 0 aliphatic heterocycles. The van der Waals surface area contributed by atoms with Crippen molar-refractivity contribution in [2.75, 3.05) is 0 Å². The highest BCUT2D eigenvalue weighted by molar-refractivity contribution is 5.77. The molecular formula is C12H14O3. The second-order valence-corrected chi connectivity index (χ2v) is 3.94. The van der Waals surface area contributed by atoms with E-state index < -0.39 is 6.10 Å². The van der Waals surface area contributed by atoms with Crippen LogP contribution in [0.25, 0.3) is 0 Å². The van der Waals surface area contributed by atoms with E-state index in [1.165, 1.54) is 0 Å². The number of carbonyl (C=O) groups is 1. The summed E-state index contributed by atoms with van der Waals surface area (Å²) in [4.78, 5) is 11.3. The third kappa shape index (κ3) is 2.57. The molecule has 3 heteroatoms. The van der Waals surface area contributed by atoms with Gasteiger partial charge in [0, 0.05) is 0 Å². The molecule has 80 valence electrons. The Balaban J connectivity index is 2.00. The van der Waals surface area contributed by atoms with Crippen LogP contribution in [0.4, 0.5) is 0 Å². The van der Waals surface area contributed by atoms with E-state index in [-0.39, 0.29) is 11.9 Å². The molecule has 0 aromatic heterocycles. The minimum absolute atomic E-state index is 0.112. The fourth-order valence-corrected chi connectivity index (χ4v) is 1.33. The Kier molecular flexibility index (Phi) is 2.73. The Morgan fingerprint density at radius 1 is 1.40 bits per heavy atom. The molecule has 1 unspecified atom stereocenters. The highest BCUT2D eigenvalue weighted by Gasteiger charge is 2.31. The Bertz CT molecular complexity index is 350. The van der Waals surface area contributed by atoms with Crippen molar-refractivity contribution in [1.82, 2.24) is 0 Å². The maximum absolute atomic E-state index is 11.3. The number of rotatable bonds is 3. The van der Waals surface area contributed by atoms with Crippen molar-refractivity contribution >= 4 is 5.97 Å². The van der Waals surface area contributed by atoms with Crippen molar-refractivity contribution in [3.05, 3.63) is 29.8 Å². The molecule has 0 bridgehead atoms. The summed E-state index contributed by atoms with van der Waals surface area (Å²) < 4.78 is 5.15. The van der Waals surface area contributed by atoms with Gasteiger partial charge in [-0.1, -0.05) is 12.1 Å². The standard InChI is InChI=1S/C12H14O3/c1-8(13)9-4-6-11(7-5-9)15-12(14)10-2-3-10/h4-8,10,13H,2-3H2,1H3. The van der Waals surface area contributed by atoms with Gasteiger partial charge in [-0.2, -0.15) is 0 Å². The van der Waals surface area contributed by atoms with E-state index in [1.807, 2.05) is 0 Å². The fourth-order valence-electron chi connectivity index (χ4n) is 1.33. The van der Waals surface area contributed by atoms with Gasteiger partial charge in [0.1, 0.15) is 5.75 Å². The fraction of sp³-hybridized carbons (Fsp3) is 0.417. The predicted molar refractivity (Wildman–Crippen MR) is 55.4 cm³/mol. The number of benzene rings is 1. The number of carbonyl (C=O) groups excluding carboxylic acids is 1. The van der Waals surface area contributed by atoms with E-state index in [9.17, 15) is 9.90 Å². The smallest absolute Gasteiger partial charge is 0.314 e. The number of aliphatic hydroxyl groups is 1. The molecule has 0 amide bonds. The number of ether oxygens (including phenoxy) is 1. The Morgan fingerprint density at radius 3 is 2.47 bits per heavy atom. The molecular weight excluding hydrogens is 192 g/mol. The first-order valence-corrected chi connectivity index (χ1v) is 5.16. The zero-order chi connectivity index (χ0) is 10.8. The van der Waals surface area contributed by atoms with Crippen LogP contribution in [0.2, 0.25) is 0 Å². The zero-order valence-corrected chi connectivity index (χ0v) is 8.64. The molecule has 1 aromatic rings. The van der Waals surface area contributed by atoms with Crippen LogP contribution in [0.1, 0.15) is 31.4 Å². The van der Waals surface area contributed by atoms with Gasteiger partial charge in [-0.25, -0.2) is 0 Å². The van der Waals surface area contributed by atoms with E-state index in [0.29, 0.717) is 5.75 Å². The highest BCUT2D eigenvalue weighted by Crippen LogP contribution is 2.30. The first kappa shape index (κ1) is 10.2. The van der Waals surface area contributed by atoms with Crippen LogP contribution < -0.4 is 4.74 Å². The van der Waals surface area contributed by atoms with E-state index in [2.05, 4.69) is 0 Å². The van der Waals surface area contributed by atoms with Crippen molar-refractivity contribution in [2.24, 2.45) is 5.92 Å². The van der Waals surface area contributed by atoms with E-state index in [0.717, 1.165) is 18.4 Å². The van der Waals surface area contributed by atoms with Gasteiger partial charge in [-0.15, -0.1) is 0 Å². The average Bonchev–Trinajstić information content (AvgIpc) is 3.01. The Hall–Kier alpha value is -1.35. The largest absolute Gasteiger partial charge is 0.426 e. The molecule has 0 spiro atoms. The van der Waals surface area contributed by atoms with Crippen LogP contribution in [0.3, 0.4) is 0 Å². The average molecular weight is 206 g/mol. The molecule has 1 atom stereocenters. The van der Waals surface area contributed by atoms with Crippen molar-refractivity contribution in [3.63, 3.8) is 0 Å². The lowest BCUT2D eigenvalue weighted by Crippen LogP contribution is -2.09. The topological polar surface area (TPSA) is 46.5 Å². The molecule has 15 heavy (non-hydrogen) atoms. The molecule has 2 rings (SSSR count). The second-order valence-electron chi connectivity index (χ2n) is 3.94. The van der Waals surface area contributed by atoms with Crippen LogP contribution in [-0.2, 0) is 4.79 Å². The minimum Gasteiger partial charge on any atom is -0.426 e. The molecule has 0 heterocycles. The lowest BCUT2D eigenvalue weighted by molar-refractivity contribution is -0.135. The summed E-state index contributed by atoms with van der Waals surface area (Å²) in [5.41, 5.74) is 0.821. The van der Waals surface area contributed by atoms with Gasteiger partial charge in [0.2, 0.25) is 0 Å². The van der Waals surface area contributed by atoms with Crippen LogP contribution in [-0.4, -0.2) is 11.1 Å². The summed E-state index contributed by atoms with van der Waals surface area (Å²) in [5, 5.41) is 9.29. The van der Waals surface area contributed by atoms with E-state index in [1.54, 1.807) is 31.2 Å². The number of aliphatic hydroxyl groups excluding tert-OH is 1. The van der Waals surface area contributed by atoms with Crippen molar-refractivity contribution in [1.29, 1.82) is 0 Å². The number of hydrogen-bond donors (Lipinski definition) is 1. The summed E-state index contributed by atoms with van der Waals surface area (Å²) >= 11 is 0. The van der Waals surface area contributed by atoms with Crippen LogP contribution in [0.5, 0.6) is 5.75 Å². The minimum atomic E-state index is -0.488. The second kappa shape index (κ2) is 4.03. The Morgan fingerprint density at radius 2 is 2.00 bits per heavy atom. The van der Waals surface area contributed by atoms with Crippen LogP contribution in [0, 0.1) is 5.92 Å². The predicted octanol–water partition coefficient (Wildman–Crippen LogP) is 2.06. The highest BCUT2D eigenvalue weighted by atomic mass is 16.5. The molecule has 0 radical (unpaired) electrons. The van der Waals surface area contributed by atoms with Gasteiger partial charge >= 0.3 is 5.97 Å². The van der Waals surface area contributed by atoms with Gasteiger partial charge in [-0.3, -0.25) is 4.79 Å². The molecule has 3 nitrogen and oxygen atoms in total. The van der Waals surface area contributed by atoms with Crippen molar-refractivity contribution < 1.29 is 14.6 Å². The van der Waals surface area contributed by atoms with Gasteiger partial charge in [0.05, 0.1) is 12.0 Å². The normalized spacial score (nSPS) is 17.2. The zero-order valence-electron chi connectivity index (χ0n) is 8.64. The van der Waals surface area contributed by atoms with Crippen molar-refractivity contribution in [3.8, 4) is 5.75 Å². The van der Waals surface area contributed by atoms with E-state index >= 15 is 0 Å². The SMILES string of the molecule is CC(O)c1ccc(OC(=O)C2CC2)cc1. The molecule has 1 aromatic carbocycles. The van der Waals surface area contributed by atoms with Gasteiger partial charge in [0.25, 0.3) is 0 Å².